The minimum absolute atomic E-state index is 0.0596. The van der Waals surface area contributed by atoms with Gasteiger partial charge in [0.05, 0.1) is 6.04 Å². The van der Waals surface area contributed by atoms with Crippen molar-refractivity contribution in [3.05, 3.63) is 44.8 Å². The van der Waals surface area contributed by atoms with Crippen LogP contribution in [0.25, 0.3) is 0 Å². The molecule has 0 aliphatic heterocycles. The van der Waals surface area contributed by atoms with Crippen LogP contribution in [-0.4, -0.2) is 38.1 Å². The van der Waals surface area contributed by atoms with E-state index < -0.39 is 0 Å². The lowest BCUT2D eigenvalue weighted by molar-refractivity contribution is 0.217. The summed E-state index contributed by atoms with van der Waals surface area (Å²) < 4.78 is 0. The Morgan fingerprint density at radius 2 is 1.75 bits per heavy atom. The van der Waals surface area contributed by atoms with Gasteiger partial charge in [-0.15, -0.1) is 22.7 Å². The molecule has 2 aromatic heterocycles. The number of nitrogens with one attached hydrogen (secondary N) is 2. The standard InChI is InChI=1S/C14H19N3OS2/c1-17(2)14(18)16-8-7-15-13(11-5-3-9-19-11)12-6-4-10-20-12/h3-6,9-10,13,15H,7-8H2,1-2H3,(H,16,18). The second-order valence-electron chi connectivity index (χ2n) is 4.54. The summed E-state index contributed by atoms with van der Waals surface area (Å²) in [5.74, 6) is 0. The lowest BCUT2D eigenvalue weighted by atomic mass is 10.2. The SMILES string of the molecule is CN(C)C(=O)NCCNC(c1cccs1)c1cccs1. The Balaban J connectivity index is 1.88. The molecule has 0 atom stereocenters. The number of thiophene rings is 2. The number of rotatable bonds is 6. The molecule has 6 heteroatoms. The van der Waals surface area contributed by atoms with E-state index in [1.807, 2.05) is 0 Å². The molecule has 108 valence electrons. The highest BCUT2D eigenvalue weighted by atomic mass is 32.1. The number of hydrogen-bond donors (Lipinski definition) is 2. The smallest absolute Gasteiger partial charge is 0.316 e. The van der Waals surface area contributed by atoms with Gasteiger partial charge in [-0.05, 0) is 22.9 Å². The van der Waals surface area contributed by atoms with Crippen molar-refractivity contribution in [3.8, 4) is 0 Å². The number of hydrogen-bond acceptors (Lipinski definition) is 4. The maximum absolute atomic E-state index is 11.4. The fraction of sp³-hybridized carbons (Fsp3) is 0.357. The third kappa shape index (κ3) is 4.06. The Bertz CT molecular complexity index is 474. The predicted octanol–water partition coefficient (Wildman–Crippen LogP) is 2.76. The molecular weight excluding hydrogens is 290 g/mol. The summed E-state index contributed by atoms with van der Waals surface area (Å²) in [5.41, 5.74) is 0. The highest BCUT2D eigenvalue weighted by molar-refractivity contribution is 7.11. The molecule has 20 heavy (non-hydrogen) atoms. The highest BCUT2D eigenvalue weighted by Crippen LogP contribution is 2.28. The van der Waals surface area contributed by atoms with E-state index in [1.165, 1.54) is 14.7 Å². The molecule has 2 rings (SSSR count). The monoisotopic (exact) mass is 309 g/mol. The topological polar surface area (TPSA) is 44.4 Å². The molecule has 4 nitrogen and oxygen atoms in total. The van der Waals surface area contributed by atoms with Crippen LogP contribution < -0.4 is 10.6 Å². The maximum Gasteiger partial charge on any atom is 0.316 e. The number of urea groups is 1. The van der Waals surface area contributed by atoms with E-state index in [0.29, 0.717) is 6.54 Å². The van der Waals surface area contributed by atoms with Crippen LogP contribution in [0.3, 0.4) is 0 Å². The summed E-state index contributed by atoms with van der Waals surface area (Å²) in [6, 6.07) is 8.56. The zero-order chi connectivity index (χ0) is 14.4. The van der Waals surface area contributed by atoms with Gasteiger partial charge in [0.2, 0.25) is 0 Å². The average Bonchev–Trinajstić information content (AvgIpc) is 3.11. The zero-order valence-corrected chi connectivity index (χ0v) is 13.3. The van der Waals surface area contributed by atoms with Crippen LogP contribution in [0.5, 0.6) is 0 Å². The van der Waals surface area contributed by atoms with Crippen LogP contribution in [0.2, 0.25) is 0 Å². The van der Waals surface area contributed by atoms with Gasteiger partial charge in [0, 0.05) is 36.9 Å². The van der Waals surface area contributed by atoms with Crippen LogP contribution in [-0.2, 0) is 0 Å². The molecule has 0 aliphatic carbocycles. The van der Waals surface area contributed by atoms with E-state index in [4.69, 9.17) is 0 Å². The molecule has 0 spiro atoms. The third-order valence-corrected chi connectivity index (χ3v) is 4.69. The fourth-order valence-corrected chi connectivity index (χ4v) is 3.51. The molecule has 2 N–H and O–H groups in total. The fourth-order valence-electron chi connectivity index (χ4n) is 1.80. The Morgan fingerprint density at radius 3 is 2.20 bits per heavy atom. The van der Waals surface area contributed by atoms with Crippen molar-refractivity contribution in [1.29, 1.82) is 0 Å². The quantitative estimate of drug-likeness (QED) is 0.806. The summed E-state index contributed by atoms with van der Waals surface area (Å²) in [6.07, 6.45) is 0. The van der Waals surface area contributed by atoms with E-state index >= 15 is 0 Å². The molecule has 0 unspecified atom stereocenters. The number of carbonyl (C=O) groups excluding carboxylic acids is 1. The van der Waals surface area contributed by atoms with Crippen LogP contribution >= 0.6 is 22.7 Å². The molecule has 0 fully saturated rings. The van der Waals surface area contributed by atoms with Gasteiger partial charge in [-0.1, -0.05) is 12.1 Å². The molecule has 2 heterocycles. The Morgan fingerprint density at radius 1 is 1.15 bits per heavy atom. The van der Waals surface area contributed by atoms with E-state index in [-0.39, 0.29) is 12.1 Å². The first-order chi connectivity index (χ1) is 9.68. The maximum atomic E-state index is 11.4. The normalized spacial score (nSPS) is 10.8. The van der Waals surface area contributed by atoms with Gasteiger partial charge in [-0.3, -0.25) is 0 Å². The first kappa shape index (κ1) is 15.0. The van der Waals surface area contributed by atoms with Gasteiger partial charge in [0.1, 0.15) is 0 Å². The molecule has 0 bridgehead atoms. The third-order valence-electron chi connectivity index (χ3n) is 2.81. The molecule has 0 aromatic carbocycles. The molecule has 0 saturated carbocycles. The van der Waals surface area contributed by atoms with E-state index in [2.05, 4.69) is 45.7 Å². The number of amides is 2. The van der Waals surface area contributed by atoms with Crippen LogP contribution in [0, 0.1) is 0 Å². The molecule has 0 radical (unpaired) electrons. The Labute approximate surface area is 127 Å². The van der Waals surface area contributed by atoms with Crippen molar-refractivity contribution < 1.29 is 4.79 Å². The summed E-state index contributed by atoms with van der Waals surface area (Å²) in [4.78, 5) is 15.6. The van der Waals surface area contributed by atoms with Gasteiger partial charge < -0.3 is 15.5 Å². The predicted molar refractivity (Wildman–Crippen MR) is 85.6 cm³/mol. The lowest BCUT2D eigenvalue weighted by Gasteiger charge is -2.17. The molecule has 2 amide bonds. The minimum atomic E-state index is -0.0596. The van der Waals surface area contributed by atoms with Gasteiger partial charge in [-0.25, -0.2) is 4.79 Å². The molecule has 0 aliphatic rings. The van der Waals surface area contributed by atoms with Crippen LogP contribution in [0.15, 0.2) is 35.0 Å². The highest BCUT2D eigenvalue weighted by Gasteiger charge is 2.15. The summed E-state index contributed by atoms with van der Waals surface area (Å²) in [7, 11) is 3.48. The number of nitrogens with zero attached hydrogens (tertiary/aromatic N) is 1. The Hall–Kier alpha value is -1.37. The second kappa shape index (κ2) is 7.42. The first-order valence-corrected chi connectivity index (χ1v) is 8.19. The molecule has 2 aromatic rings. The molecular formula is C14H19N3OS2. The van der Waals surface area contributed by atoms with Crippen molar-refractivity contribution in [2.75, 3.05) is 27.2 Å². The average molecular weight is 309 g/mol. The van der Waals surface area contributed by atoms with Gasteiger partial charge in [0.15, 0.2) is 0 Å². The van der Waals surface area contributed by atoms with Crippen molar-refractivity contribution in [3.63, 3.8) is 0 Å². The van der Waals surface area contributed by atoms with Crippen molar-refractivity contribution >= 4 is 28.7 Å². The summed E-state index contributed by atoms with van der Waals surface area (Å²) in [5, 5.41) is 10.5. The zero-order valence-electron chi connectivity index (χ0n) is 11.6. The summed E-state index contributed by atoms with van der Waals surface area (Å²) >= 11 is 3.49. The van der Waals surface area contributed by atoms with Gasteiger partial charge >= 0.3 is 6.03 Å². The van der Waals surface area contributed by atoms with Gasteiger partial charge in [0.25, 0.3) is 0 Å². The van der Waals surface area contributed by atoms with Crippen LogP contribution in [0.1, 0.15) is 15.8 Å². The molecule has 0 saturated heterocycles. The lowest BCUT2D eigenvalue weighted by Crippen LogP contribution is -2.39. The van der Waals surface area contributed by atoms with Crippen molar-refractivity contribution in [2.24, 2.45) is 0 Å². The van der Waals surface area contributed by atoms with Crippen molar-refractivity contribution in [1.82, 2.24) is 15.5 Å². The van der Waals surface area contributed by atoms with E-state index in [1.54, 1.807) is 36.8 Å². The largest absolute Gasteiger partial charge is 0.337 e. The van der Waals surface area contributed by atoms with E-state index in [9.17, 15) is 4.79 Å². The van der Waals surface area contributed by atoms with E-state index in [0.717, 1.165) is 6.54 Å². The Kier molecular flexibility index (Phi) is 5.58. The minimum Gasteiger partial charge on any atom is -0.337 e. The van der Waals surface area contributed by atoms with Gasteiger partial charge in [-0.2, -0.15) is 0 Å². The second-order valence-corrected chi connectivity index (χ2v) is 6.50. The first-order valence-electron chi connectivity index (χ1n) is 6.44. The van der Waals surface area contributed by atoms with Crippen molar-refractivity contribution in [2.45, 2.75) is 6.04 Å². The summed E-state index contributed by atoms with van der Waals surface area (Å²) in [6.45, 7) is 1.35. The number of carbonyl (C=O) groups is 1. The van der Waals surface area contributed by atoms with Crippen LogP contribution in [0.4, 0.5) is 4.79 Å².